The Labute approximate surface area is 279 Å². The highest BCUT2D eigenvalue weighted by atomic mass is 127. The highest BCUT2D eigenvalue weighted by Crippen LogP contribution is 2.50. The number of hydrogen-bond donors (Lipinski definition) is 0. The van der Waals surface area contributed by atoms with E-state index in [1.165, 1.54) is 19.2 Å². The molecule has 1 saturated heterocycles. The van der Waals surface area contributed by atoms with Crippen LogP contribution >= 0.6 is 33.9 Å². The molecule has 43 heavy (non-hydrogen) atoms. The van der Waals surface area contributed by atoms with Crippen molar-refractivity contribution in [3.63, 3.8) is 0 Å². The van der Waals surface area contributed by atoms with Gasteiger partial charge >= 0.3 is 0 Å². The summed E-state index contributed by atoms with van der Waals surface area (Å²) in [7, 11) is -1.49. The quantitative estimate of drug-likeness (QED) is 0.0867. The second-order valence-electron chi connectivity index (χ2n) is 13.1. The van der Waals surface area contributed by atoms with Gasteiger partial charge in [0.25, 0.3) is 0 Å². The molecule has 3 heterocycles. The van der Waals surface area contributed by atoms with E-state index in [-0.39, 0.29) is 18.3 Å². The SMILES string of the molecule is CCCCOC[C@H]1O[C@]2(OCc3cc4sc([Si](C)(C)C)c(I)c4cc32)[C@H](OCCCC)[C@@H](OCCCC)[C@@H]1OCCCC. The van der Waals surface area contributed by atoms with Gasteiger partial charge in [0.2, 0.25) is 5.79 Å². The fraction of sp³-hybridized carbons (Fsp3) is 0.765. The first kappa shape index (κ1) is 35.7. The monoisotopic (exact) mass is 746 g/mol. The molecule has 244 valence electrons. The first-order valence-corrected chi connectivity index (χ1v) is 22.1. The molecule has 1 aromatic heterocycles. The highest BCUT2D eigenvalue weighted by molar-refractivity contribution is 14.1. The van der Waals surface area contributed by atoms with Crippen molar-refractivity contribution in [1.29, 1.82) is 0 Å². The minimum atomic E-state index is -1.49. The van der Waals surface area contributed by atoms with E-state index in [0.29, 0.717) is 39.6 Å². The van der Waals surface area contributed by atoms with Crippen molar-refractivity contribution in [2.75, 3.05) is 33.0 Å². The Hall–Kier alpha value is -0.113. The smallest absolute Gasteiger partial charge is 0.225 e. The Bertz CT molecular complexity index is 1150. The van der Waals surface area contributed by atoms with Gasteiger partial charge in [0.1, 0.15) is 24.4 Å². The van der Waals surface area contributed by atoms with Crippen LogP contribution in [-0.4, -0.2) is 65.5 Å². The number of unbranched alkanes of at least 4 members (excludes halogenated alkanes) is 4. The van der Waals surface area contributed by atoms with Gasteiger partial charge in [0.15, 0.2) is 0 Å². The van der Waals surface area contributed by atoms with Crippen LogP contribution in [-0.2, 0) is 40.8 Å². The van der Waals surface area contributed by atoms with Gasteiger partial charge in [-0.05, 0) is 66.0 Å². The summed E-state index contributed by atoms with van der Waals surface area (Å²) in [5.74, 6) is -1.08. The Morgan fingerprint density at radius 3 is 2.09 bits per heavy atom. The van der Waals surface area contributed by atoms with Crippen molar-refractivity contribution < 1.29 is 28.4 Å². The molecule has 0 aliphatic carbocycles. The largest absolute Gasteiger partial charge is 0.379 e. The molecular formula is C34H55IO6SSi. The molecule has 6 nitrogen and oxygen atoms in total. The van der Waals surface area contributed by atoms with E-state index in [9.17, 15) is 0 Å². The lowest BCUT2D eigenvalue weighted by Crippen LogP contribution is -2.66. The second-order valence-corrected chi connectivity index (χ2v) is 20.6. The van der Waals surface area contributed by atoms with Gasteiger partial charge in [-0.3, -0.25) is 0 Å². The molecule has 1 spiro atoms. The highest BCUT2D eigenvalue weighted by Gasteiger charge is 2.61. The van der Waals surface area contributed by atoms with Gasteiger partial charge in [0.05, 0.1) is 21.3 Å². The Kier molecular flexibility index (Phi) is 13.8. The summed E-state index contributed by atoms with van der Waals surface area (Å²) >= 11 is 4.52. The summed E-state index contributed by atoms with van der Waals surface area (Å²) in [6.45, 7) is 19.6. The Morgan fingerprint density at radius 1 is 0.860 bits per heavy atom. The molecule has 0 bridgehead atoms. The lowest BCUT2D eigenvalue weighted by Gasteiger charge is -2.51. The number of hydrogen-bond acceptors (Lipinski definition) is 7. The molecule has 0 unspecified atom stereocenters. The van der Waals surface area contributed by atoms with Gasteiger partial charge in [-0.2, -0.15) is 0 Å². The zero-order chi connectivity index (χ0) is 31.0. The molecule has 1 fully saturated rings. The zero-order valence-corrected chi connectivity index (χ0v) is 31.6. The van der Waals surface area contributed by atoms with Crippen LogP contribution in [0.4, 0.5) is 0 Å². The van der Waals surface area contributed by atoms with E-state index in [1.54, 1.807) is 4.50 Å². The average Bonchev–Trinajstić information content (AvgIpc) is 3.50. The zero-order valence-electron chi connectivity index (χ0n) is 27.6. The minimum Gasteiger partial charge on any atom is -0.379 e. The summed E-state index contributed by atoms with van der Waals surface area (Å²) in [5, 5.41) is 1.29. The first-order valence-electron chi connectivity index (χ1n) is 16.7. The first-order chi connectivity index (χ1) is 20.7. The van der Waals surface area contributed by atoms with Crippen molar-refractivity contribution in [2.24, 2.45) is 0 Å². The number of thiophene rings is 1. The summed E-state index contributed by atoms with van der Waals surface area (Å²) in [6.07, 6.45) is 6.79. The van der Waals surface area contributed by atoms with Crippen molar-refractivity contribution in [1.82, 2.24) is 0 Å². The summed E-state index contributed by atoms with van der Waals surface area (Å²) in [4.78, 5) is 0. The maximum absolute atomic E-state index is 7.16. The fourth-order valence-electron chi connectivity index (χ4n) is 5.88. The topological polar surface area (TPSA) is 55.4 Å². The number of ether oxygens (including phenoxy) is 6. The molecule has 0 amide bonds. The normalized spacial score (nSPS) is 25.7. The van der Waals surface area contributed by atoms with E-state index >= 15 is 0 Å². The van der Waals surface area contributed by atoms with Crippen LogP contribution in [0.5, 0.6) is 0 Å². The molecule has 1 aromatic carbocycles. The Morgan fingerprint density at radius 2 is 1.47 bits per heavy atom. The van der Waals surface area contributed by atoms with E-state index in [2.05, 4.69) is 82.1 Å². The van der Waals surface area contributed by atoms with Crippen molar-refractivity contribution in [3.8, 4) is 0 Å². The van der Waals surface area contributed by atoms with Crippen LogP contribution in [0.25, 0.3) is 10.1 Å². The fourth-order valence-corrected chi connectivity index (χ4v) is 12.5. The van der Waals surface area contributed by atoms with Gasteiger partial charge in [-0.1, -0.05) is 73.0 Å². The third-order valence-corrected chi connectivity index (χ3v) is 15.1. The molecule has 0 radical (unpaired) electrons. The number of halogens is 1. The maximum atomic E-state index is 7.16. The molecule has 9 heteroatoms. The Balaban J connectivity index is 1.81. The van der Waals surface area contributed by atoms with Crippen molar-refractivity contribution >= 4 is 56.6 Å². The predicted octanol–water partition coefficient (Wildman–Crippen LogP) is 8.51. The van der Waals surface area contributed by atoms with Crippen LogP contribution in [0, 0.1) is 3.57 Å². The summed E-state index contributed by atoms with van der Waals surface area (Å²) < 4.78 is 44.7. The predicted molar refractivity (Wildman–Crippen MR) is 189 cm³/mol. The molecule has 5 atom stereocenters. The maximum Gasteiger partial charge on any atom is 0.225 e. The van der Waals surface area contributed by atoms with Gasteiger partial charge in [-0.15, -0.1) is 11.3 Å². The molecule has 2 aliphatic heterocycles. The van der Waals surface area contributed by atoms with E-state index in [4.69, 9.17) is 28.4 Å². The minimum absolute atomic E-state index is 0.307. The summed E-state index contributed by atoms with van der Waals surface area (Å²) in [6, 6.07) is 4.68. The number of rotatable bonds is 18. The van der Waals surface area contributed by atoms with Crippen LogP contribution in [0.2, 0.25) is 19.6 Å². The lowest BCUT2D eigenvalue weighted by atomic mass is 9.86. The number of fused-ring (bicyclic) bond motifs is 3. The van der Waals surface area contributed by atoms with Gasteiger partial charge in [0, 0.05) is 50.1 Å². The molecule has 2 aliphatic rings. The molecule has 2 aromatic rings. The average molecular weight is 747 g/mol. The van der Waals surface area contributed by atoms with E-state index in [1.807, 2.05) is 11.3 Å². The third kappa shape index (κ3) is 8.25. The van der Waals surface area contributed by atoms with E-state index < -0.39 is 20.0 Å². The molecular weight excluding hydrogens is 691 g/mol. The second kappa shape index (κ2) is 16.6. The van der Waals surface area contributed by atoms with Crippen molar-refractivity contribution in [3.05, 3.63) is 26.8 Å². The number of benzene rings is 1. The van der Waals surface area contributed by atoms with Crippen molar-refractivity contribution in [2.45, 2.75) is 136 Å². The summed E-state index contributed by atoms with van der Waals surface area (Å²) in [5.41, 5.74) is 2.26. The van der Waals surface area contributed by atoms with Crippen LogP contribution in [0.15, 0.2) is 12.1 Å². The van der Waals surface area contributed by atoms with Gasteiger partial charge in [-0.25, -0.2) is 0 Å². The van der Waals surface area contributed by atoms with Crippen LogP contribution < -0.4 is 4.50 Å². The van der Waals surface area contributed by atoms with Gasteiger partial charge < -0.3 is 28.4 Å². The molecule has 4 rings (SSSR count). The standard InChI is InChI=1S/C34H55IO6SSi/c1-8-12-16-36-23-27-30(37-17-13-9-2)31(38-18-14-10-3)32(39-19-15-11-4)34(41-27)26-21-25-28(20-24(26)22-40-34)42-33(29(25)35)43(5,6)7/h20-21,27,30-32H,8-19,22-23H2,1-7H3/t27-,30-,31+,32-,34+/m1/s1. The van der Waals surface area contributed by atoms with Crippen LogP contribution in [0.3, 0.4) is 0 Å². The lowest BCUT2D eigenvalue weighted by molar-refractivity contribution is -0.384. The van der Waals surface area contributed by atoms with E-state index in [0.717, 1.165) is 56.9 Å². The molecule has 0 N–H and O–H groups in total. The van der Waals surface area contributed by atoms with Crippen LogP contribution in [0.1, 0.15) is 90.2 Å². The molecule has 0 saturated carbocycles. The third-order valence-electron chi connectivity index (χ3n) is 8.38.